The van der Waals surface area contributed by atoms with Gasteiger partial charge < -0.3 is 11.1 Å². The second kappa shape index (κ2) is 2.58. The highest BCUT2D eigenvalue weighted by Gasteiger charge is 2.35. The molecule has 0 aliphatic heterocycles. The van der Waals surface area contributed by atoms with Crippen LogP contribution in [0.4, 0.5) is 0 Å². The van der Waals surface area contributed by atoms with E-state index in [-0.39, 0.29) is 11.4 Å². The van der Waals surface area contributed by atoms with Crippen LogP contribution in [0.5, 0.6) is 0 Å². The van der Waals surface area contributed by atoms with Gasteiger partial charge in [0, 0.05) is 13.5 Å². The van der Waals surface area contributed by atoms with Crippen LogP contribution in [0.1, 0.15) is 26.2 Å². The predicted molar refractivity (Wildman–Crippen MR) is 39.5 cm³/mol. The van der Waals surface area contributed by atoms with Crippen molar-refractivity contribution < 1.29 is 4.79 Å². The summed E-state index contributed by atoms with van der Waals surface area (Å²) in [4.78, 5) is 10.6. The van der Waals surface area contributed by atoms with Crippen molar-refractivity contribution in [2.75, 3.05) is 6.54 Å². The molecule has 0 atom stereocenters. The van der Waals surface area contributed by atoms with E-state index >= 15 is 0 Å². The van der Waals surface area contributed by atoms with Gasteiger partial charge >= 0.3 is 0 Å². The molecule has 0 aromatic heterocycles. The minimum Gasteiger partial charge on any atom is -0.350 e. The summed E-state index contributed by atoms with van der Waals surface area (Å²) < 4.78 is 0. The number of rotatable bonds is 2. The molecule has 3 heteroatoms. The number of hydrogen-bond donors (Lipinski definition) is 2. The Morgan fingerprint density at radius 3 is 2.40 bits per heavy atom. The molecule has 1 saturated carbocycles. The lowest BCUT2D eigenvalue weighted by Crippen LogP contribution is -2.57. The maximum absolute atomic E-state index is 10.6. The maximum Gasteiger partial charge on any atom is 0.217 e. The van der Waals surface area contributed by atoms with Crippen LogP contribution in [0.3, 0.4) is 0 Å². The van der Waals surface area contributed by atoms with Gasteiger partial charge in [-0.1, -0.05) is 0 Å². The monoisotopic (exact) mass is 142 g/mol. The van der Waals surface area contributed by atoms with Crippen molar-refractivity contribution in [2.24, 2.45) is 5.73 Å². The van der Waals surface area contributed by atoms with Crippen LogP contribution in [0.2, 0.25) is 0 Å². The average molecular weight is 142 g/mol. The van der Waals surface area contributed by atoms with E-state index in [9.17, 15) is 4.79 Å². The second-order valence-electron chi connectivity index (χ2n) is 3.02. The second-order valence-corrected chi connectivity index (χ2v) is 3.02. The summed E-state index contributed by atoms with van der Waals surface area (Å²) >= 11 is 0. The zero-order valence-corrected chi connectivity index (χ0v) is 6.31. The Morgan fingerprint density at radius 2 is 2.30 bits per heavy atom. The molecule has 0 saturated heterocycles. The molecule has 1 fully saturated rings. The lowest BCUT2D eigenvalue weighted by molar-refractivity contribution is -0.121. The molecular weight excluding hydrogens is 128 g/mol. The topological polar surface area (TPSA) is 55.1 Å². The van der Waals surface area contributed by atoms with E-state index < -0.39 is 0 Å². The minimum absolute atomic E-state index is 0.0325. The van der Waals surface area contributed by atoms with Crippen LogP contribution in [-0.4, -0.2) is 18.0 Å². The van der Waals surface area contributed by atoms with Gasteiger partial charge in [-0.2, -0.15) is 0 Å². The van der Waals surface area contributed by atoms with E-state index in [0.29, 0.717) is 6.54 Å². The highest BCUT2D eigenvalue weighted by Crippen LogP contribution is 2.30. The number of carbonyl (C=O) groups is 1. The number of nitrogens with two attached hydrogens (primary N) is 1. The van der Waals surface area contributed by atoms with Crippen molar-refractivity contribution in [3.63, 3.8) is 0 Å². The molecule has 0 spiro atoms. The summed E-state index contributed by atoms with van der Waals surface area (Å²) in [6, 6.07) is 0. The molecular formula is C7H14N2O. The molecule has 0 aromatic rings. The van der Waals surface area contributed by atoms with E-state index in [1.54, 1.807) is 0 Å². The van der Waals surface area contributed by atoms with E-state index in [0.717, 1.165) is 12.8 Å². The Labute approximate surface area is 61.0 Å². The summed E-state index contributed by atoms with van der Waals surface area (Å²) in [6.07, 6.45) is 3.28. The molecule has 1 rings (SSSR count). The first-order valence-electron chi connectivity index (χ1n) is 3.67. The Bertz CT molecular complexity index is 135. The molecule has 0 radical (unpaired) electrons. The number of hydrogen-bond acceptors (Lipinski definition) is 2. The smallest absolute Gasteiger partial charge is 0.217 e. The van der Waals surface area contributed by atoms with Crippen molar-refractivity contribution in [2.45, 2.75) is 31.7 Å². The first-order chi connectivity index (χ1) is 4.68. The quantitative estimate of drug-likeness (QED) is 0.570. The number of carbonyl (C=O) groups excluding carboxylic acids is 1. The number of amides is 1. The normalized spacial score (nSPS) is 21.4. The Morgan fingerprint density at radius 1 is 1.70 bits per heavy atom. The van der Waals surface area contributed by atoms with Crippen LogP contribution in [-0.2, 0) is 4.79 Å². The van der Waals surface area contributed by atoms with E-state index in [2.05, 4.69) is 5.32 Å². The summed E-state index contributed by atoms with van der Waals surface area (Å²) in [6.45, 7) is 2.11. The van der Waals surface area contributed by atoms with Crippen molar-refractivity contribution in [1.29, 1.82) is 0 Å². The van der Waals surface area contributed by atoms with Gasteiger partial charge in [-0.05, 0) is 19.3 Å². The van der Waals surface area contributed by atoms with E-state index in [4.69, 9.17) is 5.73 Å². The highest BCUT2D eigenvalue weighted by atomic mass is 16.1. The van der Waals surface area contributed by atoms with Crippen molar-refractivity contribution in [3.8, 4) is 0 Å². The van der Waals surface area contributed by atoms with Gasteiger partial charge in [0.1, 0.15) is 0 Å². The number of nitrogens with one attached hydrogen (secondary N) is 1. The van der Waals surface area contributed by atoms with Gasteiger partial charge in [0.2, 0.25) is 5.91 Å². The molecule has 1 amide bonds. The van der Waals surface area contributed by atoms with Crippen molar-refractivity contribution >= 4 is 5.91 Å². The first-order valence-corrected chi connectivity index (χ1v) is 3.67. The van der Waals surface area contributed by atoms with Crippen molar-refractivity contribution in [3.05, 3.63) is 0 Å². The van der Waals surface area contributed by atoms with Gasteiger partial charge in [0.05, 0.1) is 5.54 Å². The molecule has 10 heavy (non-hydrogen) atoms. The third-order valence-corrected chi connectivity index (χ3v) is 2.14. The third kappa shape index (κ3) is 1.29. The fourth-order valence-corrected chi connectivity index (χ4v) is 1.36. The van der Waals surface area contributed by atoms with E-state index in [1.165, 1.54) is 13.3 Å². The summed E-state index contributed by atoms with van der Waals surface area (Å²) in [5.41, 5.74) is 5.47. The lowest BCUT2D eigenvalue weighted by Gasteiger charge is -2.41. The SMILES string of the molecule is CC(=O)NC1(CN)CCC1. The van der Waals surface area contributed by atoms with Crippen LogP contribution in [0.15, 0.2) is 0 Å². The van der Waals surface area contributed by atoms with Crippen LogP contribution < -0.4 is 11.1 Å². The molecule has 1 aliphatic carbocycles. The Hall–Kier alpha value is -0.570. The maximum atomic E-state index is 10.6. The zero-order valence-electron chi connectivity index (χ0n) is 6.31. The molecule has 58 valence electrons. The zero-order chi connectivity index (χ0) is 7.61. The van der Waals surface area contributed by atoms with Gasteiger partial charge in [-0.15, -0.1) is 0 Å². The van der Waals surface area contributed by atoms with Crippen LogP contribution in [0.25, 0.3) is 0 Å². The average Bonchev–Trinajstić information content (AvgIpc) is 1.78. The van der Waals surface area contributed by atoms with Crippen molar-refractivity contribution in [1.82, 2.24) is 5.32 Å². The highest BCUT2D eigenvalue weighted by molar-refractivity contribution is 5.74. The fraction of sp³-hybridized carbons (Fsp3) is 0.857. The summed E-state index contributed by atoms with van der Waals surface area (Å²) in [7, 11) is 0. The first kappa shape index (κ1) is 7.54. The van der Waals surface area contributed by atoms with Gasteiger partial charge in [0.15, 0.2) is 0 Å². The van der Waals surface area contributed by atoms with Crippen LogP contribution in [0, 0.1) is 0 Å². The fourth-order valence-electron chi connectivity index (χ4n) is 1.36. The predicted octanol–water partition coefficient (Wildman–Crippen LogP) is 0.00390. The molecule has 0 bridgehead atoms. The molecule has 0 aromatic carbocycles. The third-order valence-electron chi connectivity index (χ3n) is 2.14. The molecule has 1 aliphatic rings. The Balaban J connectivity index is 2.40. The van der Waals surface area contributed by atoms with Crippen LogP contribution >= 0.6 is 0 Å². The van der Waals surface area contributed by atoms with Gasteiger partial charge in [0.25, 0.3) is 0 Å². The molecule has 0 heterocycles. The standard InChI is InChI=1S/C7H14N2O/c1-6(10)9-7(5-8)3-2-4-7/h2-5,8H2,1H3,(H,9,10). The van der Waals surface area contributed by atoms with Gasteiger partial charge in [-0.3, -0.25) is 4.79 Å². The Kier molecular flexibility index (Phi) is 1.94. The van der Waals surface area contributed by atoms with E-state index in [1.807, 2.05) is 0 Å². The molecule has 3 nitrogen and oxygen atoms in total. The lowest BCUT2D eigenvalue weighted by atomic mass is 9.77. The summed E-state index contributed by atoms with van der Waals surface area (Å²) in [5.74, 6) is 0.0325. The molecule has 0 unspecified atom stereocenters. The minimum atomic E-state index is -0.0359. The molecule has 3 N–H and O–H groups in total. The summed E-state index contributed by atoms with van der Waals surface area (Å²) in [5, 5.41) is 2.88. The largest absolute Gasteiger partial charge is 0.350 e. The van der Waals surface area contributed by atoms with Gasteiger partial charge in [-0.25, -0.2) is 0 Å².